The molecule has 0 fully saturated rings. The first-order valence-electron chi connectivity index (χ1n) is 19.3. The number of benzene rings is 10. The zero-order valence-corrected chi connectivity index (χ0v) is 30.4. The van der Waals surface area contributed by atoms with E-state index in [9.17, 15) is 0 Å². The highest BCUT2D eigenvalue weighted by molar-refractivity contribution is 6.22. The van der Waals surface area contributed by atoms with Crippen LogP contribution in [0.3, 0.4) is 0 Å². The summed E-state index contributed by atoms with van der Waals surface area (Å²) in [6, 6.07) is 72.9. The van der Waals surface area contributed by atoms with E-state index < -0.39 is 0 Å². The second-order valence-corrected chi connectivity index (χ2v) is 14.9. The van der Waals surface area contributed by atoms with E-state index in [0.29, 0.717) is 0 Å². The van der Waals surface area contributed by atoms with Crippen molar-refractivity contribution in [2.24, 2.45) is 0 Å². The van der Waals surface area contributed by atoms with Gasteiger partial charge in [-0.2, -0.15) is 0 Å². The van der Waals surface area contributed by atoms with Gasteiger partial charge in [0, 0.05) is 27.2 Å². The van der Waals surface area contributed by atoms with Gasteiger partial charge in [0.15, 0.2) is 0 Å². The number of hydrogen-bond acceptors (Lipinski definition) is 1. The molecule has 0 atom stereocenters. The summed E-state index contributed by atoms with van der Waals surface area (Å²) in [5.41, 5.74) is 12.7. The van der Waals surface area contributed by atoms with Crippen molar-refractivity contribution in [3.63, 3.8) is 0 Å². The van der Waals surface area contributed by atoms with Crippen LogP contribution in [0.2, 0.25) is 0 Å². The van der Waals surface area contributed by atoms with E-state index in [1.165, 1.54) is 93.2 Å². The lowest BCUT2D eigenvalue weighted by Gasteiger charge is -2.18. The Hall–Kier alpha value is -7.42. The Morgan fingerprint density at radius 1 is 0.286 bits per heavy atom. The zero-order chi connectivity index (χ0) is 36.7. The van der Waals surface area contributed by atoms with Crippen molar-refractivity contribution in [1.29, 1.82) is 0 Å². The lowest BCUT2D eigenvalue weighted by Crippen LogP contribution is -1.93. The fourth-order valence-electron chi connectivity index (χ4n) is 9.23. The van der Waals surface area contributed by atoms with E-state index in [4.69, 9.17) is 4.42 Å². The molecule has 0 radical (unpaired) electrons. The van der Waals surface area contributed by atoms with Crippen molar-refractivity contribution in [2.75, 3.05) is 0 Å². The van der Waals surface area contributed by atoms with E-state index >= 15 is 0 Å². The maximum absolute atomic E-state index is 6.42. The zero-order valence-electron chi connectivity index (χ0n) is 30.4. The highest BCUT2D eigenvalue weighted by Gasteiger charge is 2.19. The summed E-state index contributed by atoms with van der Waals surface area (Å²) < 4.78 is 8.79. The van der Waals surface area contributed by atoms with Crippen molar-refractivity contribution >= 4 is 76.1 Å². The Kier molecular flexibility index (Phi) is 6.66. The van der Waals surface area contributed by atoms with Gasteiger partial charge < -0.3 is 8.98 Å². The third-order valence-electron chi connectivity index (χ3n) is 11.7. The molecule has 0 spiro atoms. The number of furan rings is 1. The van der Waals surface area contributed by atoms with Crippen LogP contribution in [0.15, 0.2) is 205 Å². The Labute approximate surface area is 323 Å². The minimum absolute atomic E-state index is 0.906. The van der Waals surface area contributed by atoms with Gasteiger partial charge in [-0.15, -0.1) is 0 Å². The van der Waals surface area contributed by atoms with Crippen LogP contribution in [-0.4, -0.2) is 4.57 Å². The number of aromatic nitrogens is 1. The second-order valence-electron chi connectivity index (χ2n) is 14.9. The van der Waals surface area contributed by atoms with Gasteiger partial charge in [-0.3, -0.25) is 0 Å². The summed E-state index contributed by atoms with van der Waals surface area (Å²) in [4.78, 5) is 0. The first-order chi connectivity index (χ1) is 27.8. The topological polar surface area (TPSA) is 18.1 Å². The lowest BCUT2D eigenvalue weighted by atomic mass is 9.85. The van der Waals surface area contributed by atoms with Crippen molar-refractivity contribution in [2.45, 2.75) is 0 Å². The molecule has 0 saturated carbocycles. The van der Waals surface area contributed by atoms with Crippen molar-refractivity contribution in [3.8, 4) is 39.1 Å². The Morgan fingerprint density at radius 3 is 1.54 bits per heavy atom. The fraction of sp³-hybridized carbons (Fsp3) is 0. The quantitative estimate of drug-likeness (QED) is 0.166. The van der Waals surface area contributed by atoms with Gasteiger partial charge in [-0.1, -0.05) is 140 Å². The minimum atomic E-state index is 0.906. The first kappa shape index (κ1) is 31.0. The number of fused-ring (bicyclic) bond motifs is 9. The molecule has 12 rings (SSSR count). The summed E-state index contributed by atoms with van der Waals surface area (Å²) >= 11 is 0. The van der Waals surface area contributed by atoms with Gasteiger partial charge in [-0.25, -0.2) is 0 Å². The van der Waals surface area contributed by atoms with E-state index in [0.717, 1.165) is 21.9 Å². The Morgan fingerprint density at radius 2 is 0.804 bits per heavy atom. The number of rotatable bonds is 4. The maximum Gasteiger partial charge on any atom is 0.136 e. The highest BCUT2D eigenvalue weighted by atomic mass is 16.3. The molecule has 0 N–H and O–H groups in total. The van der Waals surface area contributed by atoms with E-state index in [1.807, 2.05) is 0 Å². The first-order valence-corrected chi connectivity index (χ1v) is 19.3. The molecule has 2 nitrogen and oxygen atoms in total. The molecule has 2 heterocycles. The van der Waals surface area contributed by atoms with Crippen LogP contribution in [0.5, 0.6) is 0 Å². The summed E-state index contributed by atoms with van der Waals surface area (Å²) in [5, 5.41) is 12.1. The maximum atomic E-state index is 6.42. The standard InChI is InChI=1S/C54H33NO/c1-2-17-40(18-3-1)55-49-24-11-10-19-41(49)46-30-37(25-27-50(46)55)34-15-12-16-38(29-34)53-42-20-6-8-22-44(42)54(45-23-9-7-21-43(45)53)39-26-28-51-47(32-39)48-31-35-13-4-5-14-36(35)33-52(48)56-51/h1-33H. The van der Waals surface area contributed by atoms with Gasteiger partial charge in [0.1, 0.15) is 11.2 Å². The molecular formula is C54H33NO. The SMILES string of the molecule is c1ccc(-n2c3ccccc3c3cc(-c4cccc(-c5c6ccccc6c(-c6ccc7oc8cc9ccccc9cc8c7c6)c6ccccc56)c4)ccc32)cc1. The average Bonchev–Trinajstić information content (AvgIpc) is 3.79. The van der Waals surface area contributed by atoms with Crippen LogP contribution < -0.4 is 0 Å². The predicted octanol–water partition coefficient (Wildman–Crippen LogP) is 15.1. The molecule has 0 bridgehead atoms. The number of nitrogens with zero attached hydrogens (tertiary/aromatic N) is 1. The van der Waals surface area contributed by atoms with Gasteiger partial charge in [-0.05, 0) is 126 Å². The molecule has 12 aromatic rings. The molecule has 2 heteroatoms. The van der Waals surface area contributed by atoms with E-state index in [1.54, 1.807) is 0 Å². The van der Waals surface area contributed by atoms with Crippen LogP contribution in [0.4, 0.5) is 0 Å². The van der Waals surface area contributed by atoms with Gasteiger partial charge in [0.25, 0.3) is 0 Å². The van der Waals surface area contributed by atoms with Crippen molar-refractivity contribution < 1.29 is 4.42 Å². The van der Waals surface area contributed by atoms with E-state index in [-0.39, 0.29) is 0 Å². The van der Waals surface area contributed by atoms with Crippen molar-refractivity contribution in [3.05, 3.63) is 200 Å². The third-order valence-corrected chi connectivity index (χ3v) is 11.7. The van der Waals surface area contributed by atoms with Gasteiger partial charge in [0.2, 0.25) is 0 Å². The second kappa shape index (κ2) is 12.0. The summed E-state index contributed by atoms with van der Waals surface area (Å²) in [5.74, 6) is 0. The molecule has 260 valence electrons. The molecule has 10 aromatic carbocycles. The number of para-hydroxylation sites is 2. The molecule has 0 aliphatic carbocycles. The normalized spacial score (nSPS) is 11.9. The van der Waals surface area contributed by atoms with Crippen LogP contribution in [-0.2, 0) is 0 Å². The summed E-state index contributed by atoms with van der Waals surface area (Å²) in [6.07, 6.45) is 0. The summed E-state index contributed by atoms with van der Waals surface area (Å²) in [7, 11) is 0. The summed E-state index contributed by atoms with van der Waals surface area (Å²) in [6.45, 7) is 0. The number of hydrogen-bond donors (Lipinski definition) is 0. The molecule has 0 saturated heterocycles. The van der Waals surface area contributed by atoms with Crippen LogP contribution in [0, 0.1) is 0 Å². The fourth-order valence-corrected chi connectivity index (χ4v) is 9.23. The highest BCUT2D eigenvalue weighted by Crippen LogP contribution is 2.46. The molecule has 0 aliphatic heterocycles. The van der Waals surface area contributed by atoms with Gasteiger partial charge in [0.05, 0.1) is 11.0 Å². The van der Waals surface area contributed by atoms with Crippen LogP contribution in [0.1, 0.15) is 0 Å². The average molecular weight is 712 g/mol. The van der Waals surface area contributed by atoms with E-state index in [2.05, 4.69) is 205 Å². The van der Waals surface area contributed by atoms with Crippen LogP contribution in [0.25, 0.3) is 115 Å². The molecule has 56 heavy (non-hydrogen) atoms. The van der Waals surface area contributed by atoms with Crippen molar-refractivity contribution in [1.82, 2.24) is 4.57 Å². The predicted molar refractivity (Wildman–Crippen MR) is 237 cm³/mol. The van der Waals surface area contributed by atoms with Crippen LogP contribution >= 0.6 is 0 Å². The van der Waals surface area contributed by atoms with Gasteiger partial charge >= 0.3 is 0 Å². The minimum Gasteiger partial charge on any atom is -0.456 e. The Bertz CT molecular complexity index is 3470. The molecule has 2 aromatic heterocycles. The molecular weight excluding hydrogens is 679 g/mol. The smallest absolute Gasteiger partial charge is 0.136 e. The third kappa shape index (κ3) is 4.63. The lowest BCUT2D eigenvalue weighted by molar-refractivity contribution is 0.669. The molecule has 0 aliphatic rings. The largest absolute Gasteiger partial charge is 0.456 e. The monoisotopic (exact) mass is 711 g/mol. The molecule has 0 amide bonds. The molecule has 0 unspecified atom stereocenters. The Balaban J connectivity index is 1.04.